The van der Waals surface area contributed by atoms with Crippen molar-refractivity contribution in [3.05, 3.63) is 20.5 Å². The number of anilines is 2. The fourth-order valence-corrected chi connectivity index (χ4v) is 1.53. The molecule has 2 atom stereocenters. The highest BCUT2D eigenvalue weighted by Crippen LogP contribution is 2.17. The Hall–Kier alpha value is -2.86. The van der Waals surface area contributed by atoms with Crippen molar-refractivity contribution in [2.45, 2.75) is 26.1 Å². The van der Waals surface area contributed by atoms with E-state index in [4.69, 9.17) is 5.11 Å². The molecule has 1 heterocycles. The van der Waals surface area contributed by atoms with E-state index in [1.165, 1.54) is 6.92 Å². The predicted molar refractivity (Wildman–Crippen MR) is 77.0 cm³/mol. The fourth-order valence-electron chi connectivity index (χ4n) is 1.53. The zero-order valence-electron chi connectivity index (χ0n) is 12.2. The summed E-state index contributed by atoms with van der Waals surface area (Å²) in [6, 6.07) is 0. The molecule has 0 saturated carbocycles. The van der Waals surface area contributed by atoms with Crippen LogP contribution in [0.2, 0.25) is 0 Å². The number of nitrogens with zero attached hydrogens (tertiary/aromatic N) is 2. The smallest absolute Gasteiger partial charge is 0.375 e. The third-order valence-electron chi connectivity index (χ3n) is 2.59. The lowest BCUT2D eigenvalue weighted by Crippen LogP contribution is -2.36. The highest BCUT2D eigenvalue weighted by Gasteiger charge is 2.25. The zero-order valence-corrected chi connectivity index (χ0v) is 12.2. The first-order valence-electron chi connectivity index (χ1n) is 6.32. The summed E-state index contributed by atoms with van der Waals surface area (Å²) in [5.74, 6) is -2.35. The number of carbonyl (C=O) groups is 2. The van der Waals surface area contributed by atoms with E-state index in [-0.39, 0.29) is 5.95 Å². The van der Waals surface area contributed by atoms with Gasteiger partial charge in [0, 0.05) is 6.92 Å². The number of amides is 1. The summed E-state index contributed by atoms with van der Waals surface area (Å²) in [6.45, 7) is 1.70. The van der Waals surface area contributed by atoms with Crippen molar-refractivity contribution in [2.24, 2.45) is 0 Å². The number of nitrogens with one attached hydrogen (secondary N) is 3. The van der Waals surface area contributed by atoms with E-state index in [0.29, 0.717) is 0 Å². The number of hydrogen-bond donors (Lipinski definition) is 5. The van der Waals surface area contributed by atoms with Gasteiger partial charge in [-0.25, -0.2) is 0 Å². The molecule has 23 heavy (non-hydrogen) atoms. The van der Waals surface area contributed by atoms with Gasteiger partial charge in [0.25, 0.3) is 0 Å². The fraction of sp³-hybridized carbons (Fsp3) is 0.455. The molecule has 0 aliphatic rings. The number of Topliss-reactive ketones (excluding diaryl/α,β-unsaturated/α-hetero) is 1. The van der Waals surface area contributed by atoms with Crippen molar-refractivity contribution in [3.63, 3.8) is 0 Å². The minimum absolute atomic E-state index is 0.348. The van der Waals surface area contributed by atoms with Gasteiger partial charge >= 0.3 is 11.2 Å². The van der Waals surface area contributed by atoms with Gasteiger partial charge in [-0.3, -0.25) is 34.8 Å². The van der Waals surface area contributed by atoms with Crippen molar-refractivity contribution in [1.82, 2.24) is 9.97 Å². The highest BCUT2D eigenvalue weighted by atomic mass is 16.6. The maximum absolute atomic E-state index is 11.7. The summed E-state index contributed by atoms with van der Waals surface area (Å²) >= 11 is 0. The number of carbonyl (C=O) groups excluding carboxylic acids is 2. The van der Waals surface area contributed by atoms with Crippen LogP contribution in [0.15, 0.2) is 4.79 Å². The van der Waals surface area contributed by atoms with E-state index in [2.05, 4.69) is 15.6 Å². The monoisotopic (exact) mass is 329 g/mol. The van der Waals surface area contributed by atoms with Crippen LogP contribution in [0.4, 0.5) is 17.5 Å². The second kappa shape index (κ2) is 7.42. The quantitative estimate of drug-likeness (QED) is 0.288. The molecule has 1 aromatic rings. The van der Waals surface area contributed by atoms with Gasteiger partial charge in [0.1, 0.15) is 6.10 Å². The number of aromatic nitrogens is 2. The van der Waals surface area contributed by atoms with E-state index < -0.39 is 52.4 Å². The third kappa shape index (κ3) is 4.82. The molecule has 12 nitrogen and oxygen atoms in total. The lowest BCUT2D eigenvalue weighted by molar-refractivity contribution is -0.385. The van der Waals surface area contributed by atoms with Crippen LogP contribution >= 0.6 is 0 Å². The van der Waals surface area contributed by atoms with Crippen LogP contribution < -0.4 is 16.2 Å². The first-order chi connectivity index (χ1) is 10.6. The molecule has 0 fully saturated rings. The summed E-state index contributed by atoms with van der Waals surface area (Å²) in [6.07, 6.45) is -3.03. The van der Waals surface area contributed by atoms with Crippen LogP contribution in [0.3, 0.4) is 0 Å². The van der Waals surface area contributed by atoms with Gasteiger partial charge in [0.2, 0.25) is 17.7 Å². The molecule has 5 N–H and O–H groups in total. The van der Waals surface area contributed by atoms with Crippen LogP contribution in [-0.2, 0) is 9.59 Å². The maximum atomic E-state index is 11.7. The molecule has 1 aromatic heterocycles. The Kier molecular flexibility index (Phi) is 5.87. The van der Waals surface area contributed by atoms with Gasteiger partial charge in [-0.1, -0.05) is 0 Å². The molecule has 0 radical (unpaired) electrons. The zero-order chi connectivity index (χ0) is 17.7. The Balaban J connectivity index is 3.09. The van der Waals surface area contributed by atoms with Crippen molar-refractivity contribution in [3.8, 4) is 0 Å². The van der Waals surface area contributed by atoms with Crippen LogP contribution in [0.1, 0.15) is 13.8 Å². The van der Waals surface area contributed by atoms with E-state index in [9.17, 15) is 29.6 Å². The first kappa shape index (κ1) is 18.2. The Morgan fingerprint density at radius 3 is 2.52 bits per heavy atom. The van der Waals surface area contributed by atoms with Crippen molar-refractivity contribution in [2.75, 3.05) is 17.2 Å². The first-order valence-corrected chi connectivity index (χ1v) is 6.32. The summed E-state index contributed by atoms with van der Waals surface area (Å²) in [5.41, 5.74) is -2.10. The topological polar surface area (TPSA) is 188 Å². The molecule has 126 valence electrons. The summed E-state index contributed by atoms with van der Waals surface area (Å²) in [7, 11) is 0. The average molecular weight is 329 g/mol. The number of hydrogen-bond acceptors (Lipinski definition) is 9. The number of ketones is 1. The molecule has 1 rings (SSSR count). The van der Waals surface area contributed by atoms with Gasteiger partial charge in [-0.05, 0) is 6.92 Å². The lowest BCUT2D eigenvalue weighted by atomic mass is 10.1. The summed E-state index contributed by atoms with van der Waals surface area (Å²) in [4.78, 5) is 49.7. The summed E-state index contributed by atoms with van der Waals surface area (Å²) < 4.78 is 0. The normalized spacial score (nSPS) is 13.0. The number of aliphatic hydroxyl groups is 2. The number of rotatable bonds is 7. The Morgan fingerprint density at radius 1 is 1.43 bits per heavy atom. The molecule has 0 saturated heterocycles. The second-order valence-electron chi connectivity index (χ2n) is 4.56. The standard InChI is InChI=1S/C11H15N5O7/c1-4(17)8(20)6(19)3-12-9-7(16(22)23)10(21)15-11(14-9)13-5(2)18/h4,8,17,20H,3H2,1-2H3,(H3,12,13,14,15,18,21)/t4-,8-/m0/s1. The van der Waals surface area contributed by atoms with E-state index >= 15 is 0 Å². The Bertz CT molecular complexity index is 684. The van der Waals surface area contributed by atoms with E-state index in [1.807, 2.05) is 4.98 Å². The Labute approximate surface area is 128 Å². The van der Waals surface area contributed by atoms with Gasteiger partial charge < -0.3 is 15.5 Å². The third-order valence-corrected chi connectivity index (χ3v) is 2.59. The molecule has 0 spiro atoms. The minimum Gasteiger partial charge on any atom is -0.390 e. The SMILES string of the molecule is CC(=O)Nc1nc(NCC(=O)[C@@H](O)[C@H](C)O)c([N+](=O)[O-])c(=O)[nH]1. The molecule has 0 unspecified atom stereocenters. The minimum atomic E-state index is -1.70. The lowest BCUT2D eigenvalue weighted by Gasteiger charge is -2.13. The van der Waals surface area contributed by atoms with Crippen molar-refractivity contribution < 1.29 is 24.7 Å². The van der Waals surface area contributed by atoms with Gasteiger partial charge in [0.15, 0.2) is 5.78 Å². The maximum Gasteiger partial charge on any atom is 0.375 e. The van der Waals surface area contributed by atoms with Gasteiger partial charge in [-0.2, -0.15) is 4.98 Å². The highest BCUT2D eigenvalue weighted by molar-refractivity contribution is 5.88. The number of aliphatic hydroxyl groups excluding tert-OH is 2. The number of aromatic amines is 1. The largest absolute Gasteiger partial charge is 0.390 e. The number of H-pyrrole nitrogens is 1. The van der Waals surface area contributed by atoms with Crippen LogP contribution in [-0.4, -0.2) is 55.5 Å². The molecular weight excluding hydrogens is 314 g/mol. The van der Waals surface area contributed by atoms with Crippen LogP contribution in [0.25, 0.3) is 0 Å². The molecule has 0 aliphatic heterocycles. The van der Waals surface area contributed by atoms with Crippen molar-refractivity contribution in [1.29, 1.82) is 0 Å². The molecular formula is C11H15N5O7. The predicted octanol–water partition coefficient (Wildman–Crippen LogP) is -1.64. The van der Waals surface area contributed by atoms with E-state index in [1.54, 1.807) is 0 Å². The van der Waals surface area contributed by atoms with E-state index in [0.717, 1.165) is 6.92 Å². The average Bonchev–Trinajstić information content (AvgIpc) is 2.41. The number of nitro groups is 1. The molecule has 12 heteroatoms. The van der Waals surface area contributed by atoms with Gasteiger partial charge in [-0.15, -0.1) is 0 Å². The van der Waals surface area contributed by atoms with Crippen molar-refractivity contribution >= 4 is 29.1 Å². The van der Waals surface area contributed by atoms with Crippen LogP contribution in [0, 0.1) is 10.1 Å². The second-order valence-corrected chi connectivity index (χ2v) is 4.56. The molecule has 0 aliphatic carbocycles. The molecule has 0 aromatic carbocycles. The Morgan fingerprint density at radius 2 is 2.04 bits per heavy atom. The summed E-state index contributed by atoms with van der Waals surface area (Å²) in [5, 5.41) is 33.7. The molecule has 1 amide bonds. The van der Waals surface area contributed by atoms with Crippen LogP contribution in [0.5, 0.6) is 0 Å². The molecule has 0 bridgehead atoms. The van der Waals surface area contributed by atoms with Gasteiger partial charge in [0.05, 0.1) is 17.6 Å².